The average Bonchev–Trinajstić information content (AvgIpc) is 2.46. The van der Waals surface area contributed by atoms with E-state index in [2.05, 4.69) is 17.8 Å². The molecule has 1 aromatic carbocycles. The number of fused-ring (bicyclic) bond motifs is 1. The van der Waals surface area contributed by atoms with E-state index < -0.39 is 10.1 Å². The van der Waals surface area contributed by atoms with Crippen molar-refractivity contribution in [1.29, 1.82) is 0 Å². The van der Waals surface area contributed by atoms with Crippen LogP contribution in [0, 0.1) is 0 Å². The van der Waals surface area contributed by atoms with Gasteiger partial charge in [-0.15, -0.1) is 0 Å². The Labute approximate surface area is 85.7 Å². The summed E-state index contributed by atoms with van der Waals surface area (Å²) in [6.45, 7) is 0. The average molecular weight is 230 g/mol. The standard InChI is InChI=1S/C7H6N2O3S2/c10-14(11,12)5-1-2-6-7(3-5)9(13)4-8-6/h1-4,13H,(H,10,11,12). The highest BCUT2D eigenvalue weighted by atomic mass is 32.2. The predicted octanol–water partition coefficient (Wildman–Crippen LogP) is 0.976. The molecule has 5 nitrogen and oxygen atoms in total. The van der Waals surface area contributed by atoms with Crippen molar-refractivity contribution < 1.29 is 13.0 Å². The summed E-state index contributed by atoms with van der Waals surface area (Å²) in [4.78, 5) is 3.79. The maximum absolute atomic E-state index is 10.8. The van der Waals surface area contributed by atoms with Crippen molar-refractivity contribution in [3.05, 3.63) is 24.5 Å². The molecule has 0 bridgehead atoms. The number of thiol groups is 1. The van der Waals surface area contributed by atoms with Gasteiger partial charge in [-0.05, 0) is 18.2 Å². The molecule has 1 N–H and O–H groups in total. The normalized spacial score (nSPS) is 12.1. The third kappa shape index (κ3) is 1.49. The van der Waals surface area contributed by atoms with Crippen LogP contribution in [0.1, 0.15) is 0 Å². The van der Waals surface area contributed by atoms with Crippen LogP contribution in [-0.2, 0) is 10.1 Å². The highest BCUT2D eigenvalue weighted by Crippen LogP contribution is 2.18. The van der Waals surface area contributed by atoms with Crippen LogP contribution in [-0.4, -0.2) is 21.9 Å². The Morgan fingerprint density at radius 2 is 2.14 bits per heavy atom. The van der Waals surface area contributed by atoms with Gasteiger partial charge in [0.05, 0.1) is 15.9 Å². The number of nitrogens with zero attached hydrogens (tertiary/aromatic N) is 2. The zero-order valence-corrected chi connectivity index (χ0v) is 8.53. The van der Waals surface area contributed by atoms with Crippen molar-refractivity contribution >= 4 is 34.0 Å². The Balaban J connectivity index is 2.79. The molecular weight excluding hydrogens is 224 g/mol. The van der Waals surface area contributed by atoms with E-state index in [-0.39, 0.29) is 4.90 Å². The van der Waals surface area contributed by atoms with Crippen molar-refractivity contribution in [2.24, 2.45) is 0 Å². The van der Waals surface area contributed by atoms with Crippen LogP contribution in [0.2, 0.25) is 0 Å². The highest BCUT2D eigenvalue weighted by molar-refractivity contribution is 7.85. The second kappa shape index (κ2) is 2.97. The number of hydrogen-bond acceptors (Lipinski definition) is 4. The van der Waals surface area contributed by atoms with Gasteiger partial charge in [-0.25, -0.2) is 4.98 Å². The molecule has 74 valence electrons. The second-order valence-corrected chi connectivity index (χ2v) is 4.57. The molecule has 1 heterocycles. The molecule has 0 atom stereocenters. The first-order valence-corrected chi connectivity index (χ1v) is 5.46. The van der Waals surface area contributed by atoms with Crippen molar-refractivity contribution in [2.75, 3.05) is 0 Å². The summed E-state index contributed by atoms with van der Waals surface area (Å²) in [5.74, 6) is 0. The Morgan fingerprint density at radius 1 is 1.43 bits per heavy atom. The summed E-state index contributed by atoms with van der Waals surface area (Å²) in [7, 11) is -4.16. The molecule has 0 saturated heterocycles. The minimum atomic E-state index is -4.16. The minimum absolute atomic E-state index is 0.166. The molecule has 1 aromatic heterocycles. The number of imidazole rings is 1. The van der Waals surface area contributed by atoms with Gasteiger partial charge in [0, 0.05) is 0 Å². The molecule has 2 aromatic rings. The zero-order chi connectivity index (χ0) is 10.3. The third-order valence-electron chi connectivity index (χ3n) is 1.80. The SMILES string of the molecule is O=S(=O)(O)c1ccc2ncn(S)c2c1. The summed E-state index contributed by atoms with van der Waals surface area (Å²) in [5, 5.41) is 0. The largest absolute Gasteiger partial charge is 0.294 e. The molecule has 0 spiro atoms. The lowest BCUT2D eigenvalue weighted by Gasteiger charge is -1.97. The van der Waals surface area contributed by atoms with Gasteiger partial charge < -0.3 is 0 Å². The van der Waals surface area contributed by atoms with Crippen molar-refractivity contribution in [2.45, 2.75) is 4.90 Å². The number of hydrogen-bond donors (Lipinski definition) is 2. The van der Waals surface area contributed by atoms with Gasteiger partial charge in [0.1, 0.15) is 6.33 Å². The number of benzene rings is 1. The Hall–Kier alpha value is -1.05. The fourth-order valence-electron chi connectivity index (χ4n) is 1.14. The van der Waals surface area contributed by atoms with Crippen LogP contribution in [0.4, 0.5) is 0 Å². The lowest BCUT2D eigenvalue weighted by Crippen LogP contribution is -1.97. The molecule has 0 aliphatic carbocycles. The first-order chi connectivity index (χ1) is 6.48. The van der Waals surface area contributed by atoms with Gasteiger partial charge in [0.2, 0.25) is 0 Å². The van der Waals surface area contributed by atoms with Crippen LogP contribution in [0.5, 0.6) is 0 Å². The van der Waals surface area contributed by atoms with Crippen LogP contribution in [0.15, 0.2) is 29.4 Å². The van der Waals surface area contributed by atoms with Crippen molar-refractivity contribution in [3.8, 4) is 0 Å². The molecule has 14 heavy (non-hydrogen) atoms. The number of rotatable bonds is 1. The molecule has 7 heteroatoms. The maximum atomic E-state index is 10.8. The minimum Gasteiger partial charge on any atom is -0.282 e. The van der Waals surface area contributed by atoms with Gasteiger partial charge in [-0.1, -0.05) is 12.8 Å². The Morgan fingerprint density at radius 3 is 2.79 bits per heavy atom. The third-order valence-corrected chi connectivity index (χ3v) is 2.97. The summed E-state index contributed by atoms with van der Waals surface area (Å²) in [5.41, 5.74) is 1.15. The Bertz CT molecular complexity index is 588. The molecule has 0 aliphatic rings. The van der Waals surface area contributed by atoms with Crippen LogP contribution >= 0.6 is 12.8 Å². The van der Waals surface area contributed by atoms with Crippen molar-refractivity contribution in [3.63, 3.8) is 0 Å². The van der Waals surface area contributed by atoms with E-state index in [9.17, 15) is 8.42 Å². The van der Waals surface area contributed by atoms with Crippen molar-refractivity contribution in [1.82, 2.24) is 8.96 Å². The topological polar surface area (TPSA) is 72.2 Å². The quantitative estimate of drug-likeness (QED) is 0.565. The summed E-state index contributed by atoms with van der Waals surface area (Å²) >= 11 is 4.02. The molecule has 0 amide bonds. The van der Waals surface area contributed by atoms with Gasteiger partial charge in [0.25, 0.3) is 10.1 Å². The molecular formula is C7H6N2O3S2. The van der Waals surface area contributed by atoms with Crippen LogP contribution in [0.3, 0.4) is 0 Å². The van der Waals surface area contributed by atoms with Gasteiger partial charge >= 0.3 is 0 Å². The lowest BCUT2D eigenvalue weighted by atomic mass is 10.3. The second-order valence-electron chi connectivity index (χ2n) is 2.71. The monoisotopic (exact) mass is 230 g/mol. The molecule has 0 aliphatic heterocycles. The molecule has 0 radical (unpaired) electrons. The van der Waals surface area contributed by atoms with E-state index in [0.29, 0.717) is 11.0 Å². The van der Waals surface area contributed by atoms with Crippen LogP contribution < -0.4 is 0 Å². The van der Waals surface area contributed by atoms with E-state index in [1.165, 1.54) is 28.5 Å². The van der Waals surface area contributed by atoms with Crippen LogP contribution in [0.25, 0.3) is 11.0 Å². The summed E-state index contributed by atoms with van der Waals surface area (Å²) < 4.78 is 31.8. The summed E-state index contributed by atoms with van der Waals surface area (Å²) in [6.07, 6.45) is 1.45. The molecule has 0 unspecified atom stereocenters. The van der Waals surface area contributed by atoms with E-state index in [1.807, 2.05) is 0 Å². The van der Waals surface area contributed by atoms with Gasteiger partial charge in [0.15, 0.2) is 0 Å². The van der Waals surface area contributed by atoms with Gasteiger partial charge in [-0.3, -0.25) is 8.53 Å². The van der Waals surface area contributed by atoms with E-state index in [4.69, 9.17) is 4.55 Å². The zero-order valence-electron chi connectivity index (χ0n) is 6.82. The first kappa shape index (κ1) is 9.50. The molecule has 2 rings (SSSR count). The molecule has 0 fully saturated rings. The fourth-order valence-corrected chi connectivity index (χ4v) is 1.85. The molecule has 0 saturated carbocycles. The predicted molar refractivity (Wildman–Crippen MR) is 53.9 cm³/mol. The maximum Gasteiger partial charge on any atom is 0.294 e. The number of aromatic nitrogens is 2. The lowest BCUT2D eigenvalue weighted by molar-refractivity contribution is 0.483. The summed E-state index contributed by atoms with van der Waals surface area (Å²) in [6, 6.07) is 4.11. The highest BCUT2D eigenvalue weighted by Gasteiger charge is 2.11. The fraction of sp³-hybridized carbons (Fsp3) is 0. The van der Waals surface area contributed by atoms with E-state index in [0.717, 1.165) is 0 Å². The first-order valence-electron chi connectivity index (χ1n) is 3.62. The Kier molecular flexibility index (Phi) is 2.02. The van der Waals surface area contributed by atoms with E-state index in [1.54, 1.807) is 0 Å². The van der Waals surface area contributed by atoms with Gasteiger partial charge in [-0.2, -0.15) is 8.42 Å². The smallest absolute Gasteiger partial charge is 0.282 e. The van der Waals surface area contributed by atoms with E-state index >= 15 is 0 Å².